The number of amides is 1. The van der Waals surface area contributed by atoms with Gasteiger partial charge < -0.3 is 10.1 Å². The standard InChI is InChI=1S/C20H23ClFN3O2/c1-3-27-18-9-6-14(10-17(18)21)19-16(11-23-25-19)20(26)24-12(2)13-4-7-15(22)8-5-13/h4-10,12,16,19,23,25H,3,11H2,1-2H3,(H,24,26). The van der Waals surface area contributed by atoms with Gasteiger partial charge in [-0.2, -0.15) is 0 Å². The molecule has 2 aromatic carbocycles. The highest BCUT2D eigenvalue weighted by Crippen LogP contribution is 2.32. The van der Waals surface area contributed by atoms with E-state index in [1.54, 1.807) is 12.1 Å². The van der Waals surface area contributed by atoms with Crippen LogP contribution in [0.25, 0.3) is 0 Å². The van der Waals surface area contributed by atoms with Crippen LogP contribution in [-0.4, -0.2) is 19.1 Å². The smallest absolute Gasteiger partial charge is 0.226 e. The molecule has 3 atom stereocenters. The molecule has 0 spiro atoms. The second-order valence-electron chi connectivity index (χ2n) is 6.51. The number of hydrogen-bond acceptors (Lipinski definition) is 4. The van der Waals surface area contributed by atoms with Crippen molar-refractivity contribution in [1.29, 1.82) is 0 Å². The highest BCUT2D eigenvalue weighted by Gasteiger charge is 2.34. The predicted molar refractivity (Wildman–Crippen MR) is 103 cm³/mol. The molecular weight excluding hydrogens is 369 g/mol. The molecule has 7 heteroatoms. The molecule has 1 saturated heterocycles. The number of nitrogens with one attached hydrogen (secondary N) is 3. The van der Waals surface area contributed by atoms with Crippen LogP contribution < -0.4 is 20.9 Å². The molecule has 0 aromatic heterocycles. The van der Waals surface area contributed by atoms with E-state index in [1.807, 2.05) is 32.0 Å². The molecule has 3 rings (SSSR count). The van der Waals surface area contributed by atoms with E-state index in [-0.39, 0.29) is 29.7 Å². The molecule has 5 nitrogen and oxygen atoms in total. The van der Waals surface area contributed by atoms with Gasteiger partial charge in [0, 0.05) is 6.54 Å². The third-order valence-electron chi connectivity index (χ3n) is 4.66. The van der Waals surface area contributed by atoms with Crippen molar-refractivity contribution in [2.75, 3.05) is 13.2 Å². The number of hydrazine groups is 1. The molecule has 0 bridgehead atoms. The third-order valence-corrected chi connectivity index (χ3v) is 4.96. The highest BCUT2D eigenvalue weighted by atomic mass is 35.5. The Hall–Kier alpha value is -2.15. The first-order valence-electron chi connectivity index (χ1n) is 8.96. The van der Waals surface area contributed by atoms with Crippen LogP contribution in [0, 0.1) is 11.7 Å². The van der Waals surface area contributed by atoms with Gasteiger partial charge in [0.25, 0.3) is 0 Å². The van der Waals surface area contributed by atoms with Gasteiger partial charge in [-0.25, -0.2) is 9.82 Å². The lowest BCUT2D eigenvalue weighted by Gasteiger charge is -2.22. The van der Waals surface area contributed by atoms with Gasteiger partial charge in [-0.05, 0) is 49.2 Å². The van der Waals surface area contributed by atoms with Gasteiger partial charge in [0.2, 0.25) is 5.91 Å². The van der Waals surface area contributed by atoms with Crippen molar-refractivity contribution in [3.8, 4) is 5.75 Å². The fourth-order valence-electron chi connectivity index (χ4n) is 3.20. The number of carbonyl (C=O) groups excluding carboxylic acids is 1. The summed E-state index contributed by atoms with van der Waals surface area (Å²) >= 11 is 6.29. The summed E-state index contributed by atoms with van der Waals surface area (Å²) < 4.78 is 18.5. The first-order valence-corrected chi connectivity index (χ1v) is 9.34. The van der Waals surface area contributed by atoms with E-state index in [0.29, 0.717) is 23.9 Å². The zero-order valence-electron chi connectivity index (χ0n) is 15.3. The lowest BCUT2D eigenvalue weighted by Crippen LogP contribution is -2.36. The molecule has 1 aliphatic heterocycles. The van der Waals surface area contributed by atoms with E-state index in [2.05, 4.69) is 16.2 Å². The number of ether oxygens (including phenoxy) is 1. The van der Waals surface area contributed by atoms with Gasteiger partial charge in [-0.1, -0.05) is 29.8 Å². The summed E-state index contributed by atoms with van der Waals surface area (Å²) in [5.74, 6) is -0.0602. The number of halogens is 2. The summed E-state index contributed by atoms with van der Waals surface area (Å²) in [6.45, 7) is 4.81. The average Bonchev–Trinajstić information content (AvgIpc) is 3.14. The van der Waals surface area contributed by atoms with E-state index in [1.165, 1.54) is 12.1 Å². The first-order chi connectivity index (χ1) is 13.0. The van der Waals surface area contributed by atoms with Crippen LogP contribution in [0.5, 0.6) is 5.75 Å². The molecule has 27 heavy (non-hydrogen) atoms. The minimum Gasteiger partial charge on any atom is -0.492 e. The van der Waals surface area contributed by atoms with E-state index in [0.717, 1.165) is 11.1 Å². The number of benzene rings is 2. The fourth-order valence-corrected chi connectivity index (χ4v) is 3.44. The second-order valence-corrected chi connectivity index (χ2v) is 6.92. The maximum absolute atomic E-state index is 13.1. The van der Waals surface area contributed by atoms with Crippen LogP contribution in [0.2, 0.25) is 5.02 Å². The topological polar surface area (TPSA) is 62.4 Å². The largest absolute Gasteiger partial charge is 0.492 e. The van der Waals surface area contributed by atoms with Gasteiger partial charge >= 0.3 is 0 Å². The molecule has 1 aliphatic rings. The molecular formula is C20H23ClFN3O2. The Morgan fingerprint density at radius 2 is 2.07 bits per heavy atom. The van der Waals surface area contributed by atoms with Crippen molar-refractivity contribution in [2.45, 2.75) is 25.9 Å². The van der Waals surface area contributed by atoms with Crippen molar-refractivity contribution in [3.63, 3.8) is 0 Å². The zero-order chi connectivity index (χ0) is 19.4. The number of carbonyl (C=O) groups is 1. The maximum atomic E-state index is 13.1. The summed E-state index contributed by atoms with van der Waals surface area (Å²) in [6.07, 6.45) is 0. The Morgan fingerprint density at radius 3 is 2.74 bits per heavy atom. The molecule has 3 N–H and O–H groups in total. The molecule has 3 unspecified atom stereocenters. The molecule has 0 aliphatic carbocycles. The van der Waals surface area contributed by atoms with Crippen LogP contribution in [-0.2, 0) is 4.79 Å². The molecule has 144 valence electrons. The quantitative estimate of drug-likeness (QED) is 0.705. The minimum atomic E-state index is -0.304. The SMILES string of the molecule is CCOc1ccc(C2NNCC2C(=O)NC(C)c2ccc(F)cc2)cc1Cl. The summed E-state index contributed by atoms with van der Waals surface area (Å²) in [5, 5.41) is 3.52. The summed E-state index contributed by atoms with van der Waals surface area (Å²) in [6, 6.07) is 11.2. The second kappa shape index (κ2) is 8.69. The third kappa shape index (κ3) is 4.58. The van der Waals surface area contributed by atoms with E-state index in [4.69, 9.17) is 16.3 Å². The van der Waals surface area contributed by atoms with Crippen LogP contribution in [0.15, 0.2) is 42.5 Å². The van der Waals surface area contributed by atoms with Crippen molar-refractivity contribution in [3.05, 3.63) is 64.4 Å². The average molecular weight is 392 g/mol. The molecule has 0 saturated carbocycles. The van der Waals surface area contributed by atoms with Gasteiger partial charge in [0.05, 0.1) is 29.6 Å². The minimum absolute atomic E-state index is 0.0840. The predicted octanol–water partition coefficient (Wildman–Crippen LogP) is 3.52. The van der Waals surface area contributed by atoms with Gasteiger partial charge in [0.15, 0.2) is 0 Å². The molecule has 1 fully saturated rings. The van der Waals surface area contributed by atoms with E-state index in [9.17, 15) is 9.18 Å². The van der Waals surface area contributed by atoms with Crippen molar-refractivity contribution in [1.82, 2.24) is 16.2 Å². The maximum Gasteiger partial charge on any atom is 0.226 e. The fraction of sp³-hybridized carbons (Fsp3) is 0.350. The van der Waals surface area contributed by atoms with Gasteiger partial charge in [-0.15, -0.1) is 0 Å². The van der Waals surface area contributed by atoms with Gasteiger partial charge in [-0.3, -0.25) is 10.2 Å². The molecule has 0 radical (unpaired) electrons. The Balaban J connectivity index is 1.71. The van der Waals surface area contributed by atoms with E-state index < -0.39 is 0 Å². The van der Waals surface area contributed by atoms with Crippen molar-refractivity contribution >= 4 is 17.5 Å². The highest BCUT2D eigenvalue weighted by molar-refractivity contribution is 6.32. The number of hydrogen-bond donors (Lipinski definition) is 3. The first kappa shape index (κ1) is 19.6. The van der Waals surface area contributed by atoms with Crippen LogP contribution in [0.3, 0.4) is 0 Å². The number of rotatable bonds is 6. The Bertz CT molecular complexity index is 800. The molecule has 2 aromatic rings. The zero-order valence-corrected chi connectivity index (χ0v) is 16.0. The summed E-state index contributed by atoms with van der Waals surface area (Å²) in [7, 11) is 0. The Labute approximate surface area is 163 Å². The van der Waals surface area contributed by atoms with Crippen LogP contribution >= 0.6 is 11.6 Å². The molecule has 1 heterocycles. The van der Waals surface area contributed by atoms with Crippen LogP contribution in [0.4, 0.5) is 4.39 Å². The van der Waals surface area contributed by atoms with E-state index >= 15 is 0 Å². The Kier molecular flexibility index (Phi) is 6.31. The monoisotopic (exact) mass is 391 g/mol. The normalized spacial score (nSPS) is 20.3. The lowest BCUT2D eigenvalue weighted by atomic mass is 9.93. The van der Waals surface area contributed by atoms with Crippen LogP contribution in [0.1, 0.15) is 37.1 Å². The lowest BCUT2D eigenvalue weighted by molar-refractivity contribution is -0.125. The Morgan fingerprint density at radius 1 is 1.33 bits per heavy atom. The molecule has 1 amide bonds. The van der Waals surface area contributed by atoms with Crippen molar-refractivity contribution in [2.24, 2.45) is 5.92 Å². The summed E-state index contributed by atoms with van der Waals surface area (Å²) in [5.41, 5.74) is 7.95. The summed E-state index contributed by atoms with van der Waals surface area (Å²) in [4.78, 5) is 12.8. The van der Waals surface area contributed by atoms with Crippen molar-refractivity contribution < 1.29 is 13.9 Å². The van der Waals surface area contributed by atoms with Gasteiger partial charge in [0.1, 0.15) is 11.6 Å².